The zero-order valence-electron chi connectivity index (χ0n) is 19.7. The Morgan fingerprint density at radius 1 is 0.972 bits per heavy atom. The standard InChI is InChI=1S/C27H23N7OS/c1-15(2)30-27(35)23-11-17-3-4-18(12-22(17)32-23)25-33-21-9-10-36-24(21)26(34-25)31-20-7-5-16(6-8-20)19-13-28-29-14-19/h3-15,32H,1-2H3,(H,28,29)(H,30,35)(H,31,33,34). The fourth-order valence-electron chi connectivity index (χ4n) is 4.10. The van der Waals surface area contributed by atoms with Crippen molar-refractivity contribution >= 4 is 49.9 Å². The molecule has 1 amide bonds. The van der Waals surface area contributed by atoms with Crippen molar-refractivity contribution in [1.29, 1.82) is 0 Å². The number of carbonyl (C=O) groups excluding carboxylic acids is 1. The largest absolute Gasteiger partial charge is 0.351 e. The highest BCUT2D eigenvalue weighted by Crippen LogP contribution is 2.32. The number of anilines is 2. The Hall–Kier alpha value is -4.50. The van der Waals surface area contributed by atoms with Crippen LogP contribution in [0.5, 0.6) is 0 Å². The van der Waals surface area contributed by atoms with E-state index in [9.17, 15) is 4.79 Å². The van der Waals surface area contributed by atoms with Gasteiger partial charge in [0.15, 0.2) is 11.6 Å². The number of fused-ring (bicyclic) bond motifs is 2. The quantitative estimate of drug-likeness (QED) is 0.224. The molecule has 0 radical (unpaired) electrons. The number of carbonyl (C=O) groups is 1. The summed E-state index contributed by atoms with van der Waals surface area (Å²) in [7, 11) is 0. The topological polar surface area (TPSA) is 111 Å². The van der Waals surface area contributed by atoms with Crippen LogP contribution in [-0.2, 0) is 0 Å². The first-order valence-corrected chi connectivity index (χ1v) is 12.5. The van der Waals surface area contributed by atoms with E-state index >= 15 is 0 Å². The van der Waals surface area contributed by atoms with Crippen LogP contribution in [0.2, 0.25) is 0 Å². The van der Waals surface area contributed by atoms with Gasteiger partial charge in [-0.2, -0.15) is 5.10 Å². The van der Waals surface area contributed by atoms with Crippen LogP contribution in [-0.4, -0.2) is 37.1 Å². The minimum absolute atomic E-state index is 0.0676. The number of thiophene rings is 1. The molecule has 4 aromatic heterocycles. The lowest BCUT2D eigenvalue weighted by atomic mass is 10.1. The van der Waals surface area contributed by atoms with Crippen molar-refractivity contribution < 1.29 is 4.79 Å². The van der Waals surface area contributed by atoms with Gasteiger partial charge < -0.3 is 15.6 Å². The summed E-state index contributed by atoms with van der Waals surface area (Å²) in [5.41, 5.74) is 6.20. The summed E-state index contributed by atoms with van der Waals surface area (Å²) < 4.78 is 0.992. The molecule has 4 heterocycles. The van der Waals surface area contributed by atoms with Gasteiger partial charge in [0.1, 0.15) is 5.69 Å². The summed E-state index contributed by atoms with van der Waals surface area (Å²) in [5, 5.41) is 16.2. The summed E-state index contributed by atoms with van der Waals surface area (Å²) in [6, 6.07) is 18.0. The molecule has 0 atom stereocenters. The van der Waals surface area contributed by atoms with Crippen molar-refractivity contribution in [3.63, 3.8) is 0 Å². The number of aromatic amines is 2. The molecule has 0 unspecified atom stereocenters. The molecule has 0 fully saturated rings. The van der Waals surface area contributed by atoms with Gasteiger partial charge in [-0.25, -0.2) is 9.97 Å². The maximum Gasteiger partial charge on any atom is 0.267 e. The lowest BCUT2D eigenvalue weighted by Gasteiger charge is -2.10. The van der Waals surface area contributed by atoms with Gasteiger partial charge in [0.05, 0.1) is 16.4 Å². The SMILES string of the molecule is CC(C)NC(=O)c1cc2ccc(-c3nc(Nc4ccc(-c5cn[nH]c5)cc4)c4sccc4n3)cc2[nH]1. The highest BCUT2D eigenvalue weighted by atomic mass is 32.1. The number of amides is 1. The summed E-state index contributed by atoms with van der Waals surface area (Å²) >= 11 is 1.60. The Morgan fingerprint density at radius 2 is 1.81 bits per heavy atom. The average Bonchev–Trinajstić information content (AvgIpc) is 3.64. The minimum Gasteiger partial charge on any atom is -0.351 e. The first-order chi connectivity index (χ1) is 17.5. The molecule has 6 aromatic rings. The number of aromatic nitrogens is 5. The van der Waals surface area contributed by atoms with Gasteiger partial charge in [-0.3, -0.25) is 9.89 Å². The third-order valence-electron chi connectivity index (χ3n) is 5.83. The normalized spacial score (nSPS) is 11.4. The molecule has 6 rings (SSSR count). The van der Waals surface area contributed by atoms with Gasteiger partial charge in [-0.15, -0.1) is 11.3 Å². The molecule has 0 spiro atoms. The molecular weight excluding hydrogens is 470 g/mol. The second-order valence-electron chi connectivity index (χ2n) is 8.83. The van der Waals surface area contributed by atoms with Crippen LogP contribution in [0, 0.1) is 0 Å². The van der Waals surface area contributed by atoms with Crippen LogP contribution in [0.4, 0.5) is 11.5 Å². The van der Waals surface area contributed by atoms with E-state index in [4.69, 9.17) is 9.97 Å². The zero-order valence-corrected chi connectivity index (χ0v) is 20.5. The van der Waals surface area contributed by atoms with Crippen molar-refractivity contribution in [3.8, 4) is 22.5 Å². The Bertz CT molecular complexity index is 1680. The predicted molar refractivity (Wildman–Crippen MR) is 145 cm³/mol. The summed E-state index contributed by atoms with van der Waals surface area (Å²) in [6.45, 7) is 3.88. The molecule has 0 saturated carbocycles. The number of H-pyrrole nitrogens is 2. The molecule has 0 aliphatic carbocycles. The molecule has 0 aliphatic heterocycles. The van der Waals surface area contributed by atoms with Crippen molar-refractivity contribution in [2.45, 2.75) is 19.9 Å². The Morgan fingerprint density at radius 3 is 2.58 bits per heavy atom. The van der Waals surface area contributed by atoms with Gasteiger partial charge in [0.2, 0.25) is 0 Å². The monoisotopic (exact) mass is 493 g/mol. The van der Waals surface area contributed by atoms with Gasteiger partial charge >= 0.3 is 0 Å². The number of nitrogens with one attached hydrogen (secondary N) is 4. The lowest BCUT2D eigenvalue weighted by molar-refractivity contribution is 0.0939. The van der Waals surface area contributed by atoms with Crippen LogP contribution in [0.1, 0.15) is 24.3 Å². The third-order valence-corrected chi connectivity index (χ3v) is 6.74. The van der Waals surface area contributed by atoms with Crippen molar-refractivity contribution in [2.75, 3.05) is 5.32 Å². The molecular formula is C27H23N7OS. The second kappa shape index (κ2) is 8.94. The van der Waals surface area contributed by atoms with E-state index in [1.165, 1.54) is 0 Å². The maximum absolute atomic E-state index is 12.4. The van der Waals surface area contributed by atoms with Crippen LogP contribution < -0.4 is 10.6 Å². The van der Waals surface area contributed by atoms with Crippen LogP contribution >= 0.6 is 11.3 Å². The Labute approximate surface area is 210 Å². The Kier molecular flexibility index (Phi) is 5.46. The number of nitrogens with zero attached hydrogens (tertiary/aromatic N) is 3. The number of benzene rings is 2. The number of hydrogen-bond donors (Lipinski definition) is 4. The van der Waals surface area contributed by atoms with Crippen molar-refractivity contribution in [3.05, 3.63) is 78.1 Å². The smallest absolute Gasteiger partial charge is 0.267 e. The minimum atomic E-state index is -0.121. The van der Waals surface area contributed by atoms with Gasteiger partial charge in [0, 0.05) is 40.0 Å². The average molecular weight is 494 g/mol. The fraction of sp³-hybridized carbons (Fsp3) is 0.111. The van der Waals surface area contributed by atoms with E-state index < -0.39 is 0 Å². The van der Waals surface area contributed by atoms with Crippen LogP contribution in [0.3, 0.4) is 0 Å². The molecule has 36 heavy (non-hydrogen) atoms. The first kappa shape index (κ1) is 22.0. The molecule has 178 valence electrons. The molecule has 9 heteroatoms. The summed E-state index contributed by atoms with van der Waals surface area (Å²) in [5.74, 6) is 1.25. The fourth-order valence-corrected chi connectivity index (χ4v) is 4.87. The van der Waals surface area contributed by atoms with Crippen LogP contribution in [0.15, 0.2) is 72.4 Å². The molecule has 0 saturated heterocycles. The van der Waals surface area contributed by atoms with Crippen molar-refractivity contribution in [1.82, 2.24) is 30.5 Å². The molecule has 0 bridgehead atoms. The van der Waals surface area contributed by atoms with E-state index in [-0.39, 0.29) is 11.9 Å². The molecule has 0 aliphatic rings. The van der Waals surface area contributed by atoms with Gasteiger partial charge in [-0.1, -0.05) is 24.3 Å². The van der Waals surface area contributed by atoms with Gasteiger partial charge in [-0.05, 0) is 55.1 Å². The highest BCUT2D eigenvalue weighted by Gasteiger charge is 2.14. The summed E-state index contributed by atoms with van der Waals surface area (Å²) in [6.07, 6.45) is 3.67. The van der Waals surface area contributed by atoms with Gasteiger partial charge in [0.25, 0.3) is 5.91 Å². The first-order valence-electron chi connectivity index (χ1n) is 11.6. The van der Waals surface area contributed by atoms with E-state index in [2.05, 4.69) is 25.8 Å². The lowest BCUT2D eigenvalue weighted by Crippen LogP contribution is -2.30. The van der Waals surface area contributed by atoms with Crippen molar-refractivity contribution in [2.24, 2.45) is 0 Å². The zero-order chi connectivity index (χ0) is 24.6. The van der Waals surface area contributed by atoms with Crippen LogP contribution in [0.25, 0.3) is 43.6 Å². The third kappa shape index (κ3) is 4.20. The Balaban J connectivity index is 1.33. The van der Waals surface area contributed by atoms with E-state index in [0.717, 1.165) is 49.3 Å². The number of hydrogen-bond acceptors (Lipinski definition) is 6. The second-order valence-corrected chi connectivity index (χ2v) is 9.75. The highest BCUT2D eigenvalue weighted by molar-refractivity contribution is 7.17. The molecule has 4 N–H and O–H groups in total. The predicted octanol–water partition coefficient (Wildman–Crippen LogP) is 6.11. The molecule has 2 aromatic carbocycles. The summed E-state index contributed by atoms with van der Waals surface area (Å²) in [4.78, 5) is 25.3. The maximum atomic E-state index is 12.4. The van der Waals surface area contributed by atoms with E-state index in [1.807, 2.05) is 80.0 Å². The number of rotatable bonds is 6. The molecule has 8 nitrogen and oxygen atoms in total. The van der Waals surface area contributed by atoms with E-state index in [1.54, 1.807) is 17.5 Å². The van der Waals surface area contributed by atoms with E-state index in [0.29, 0.717) is 11.5 Å².